The molecule has 3 heterocycles. The summed E-state index contributed by atoms with van der Waals surface area (Å²) in [5.74, 6) is 2.31. The van der Waals surface area contributed by atoms with Gasteiger partial charge < -0.3 is 15.1 Å². The van der Waals surface area contributed by atoms with Crippen molar-refractivity contribution in [3.63, 3.8) is 0 Å². The van der Waals surface area contributed by atoms with Gasteiger partial charge in [-0.3, -0.25) is 0 Å². The van der Waals surface area contributed by atoms with Gasteiger partial charge in [0.2, 0.25) is 11.9 Å². The molecule has 0 radical (unpaired) electrons. The number of benzene rings is 2. The third kappa shape index (κ3) is 6.12. The average molecular weight is 568 g/mol. The van der Waals surface area contributed by atoms with E-state index in [-0.39, 0.29) is 12.0 Å². The Morgan fingerprint density at radius 1 is 0.950 bits per heavy atom. The zero-order valence-electron chi connectivity index (χ0n) is 22.3. The fourth-order valence-corrected chi connectivity index (χ4v) is 4.87. The first-order valence-electron chi connectivity index (χ1n) is 13.0. The molecule has 1 atom stereocenters. The van der Waals surface area contributed by atoms with Crippen molar-refractivity contribution in [2.24, 2.45) is 0 Å². The van der Waals surface area contributed by atoms with Crippen molar-refractivity contribution in [3.8, 4) is 11.4 Å². The van der Waals surface area contributed by atoms with Gasteiger partial charge in [0.15, 0.2) is 5.82 Å². The lowest BCUT2D eigenvalue weighted by atomic mass is 10.0. The molecule has 1 aliphatic heterocycles. The highest BCUT2D eigenvalue weighted by atomic mass is 35.5. The first-order chi connectivity index (χ1) is 19.1. The van der Waals surface area contributed by atoms with Gasteiger partial charge in [0.05, 0.1) is 10.6 Å². The smallest absolute Gasteiger partial charge is 0.352 e. The number of aromatic nitrogens is 4. The van der Waals surface area contributed by atoms with Crippen molar-refractivity contribution in [1.82, 2.24) is 19.9 Å². The van der Waals surface area contributed by atoms with E-state index in [1.165, 1.54) is 17.7 Å². The number of nitrogens with one attached hydrogen (secondary N) is 1. The van der Waals surface area contributed by atoms with Gasteiger partial charge in [-0.15, -0.1) is 0 Å². The minimum Gasteiger partial charge on any atom is -0.352 e. The summed E-state index contributed by atoms with van der Waals surface area (Å²) >= 11 is 6.39. The third-order valence-electron chi connectivity index (χ3n) is 6.85. The van der Waals surface area contributed by atoms with E-state index < -0.39 is 11.7 Å². The zero-order chi connectivity index (χ0) is 28.4. The van der Waals surface area contributed by atoms with Crippen molar-refractivity contribution < 1.29 is 13.2 Å². The van der Waals surface area contributed by atoms with Crippen LogP contribution >= 0.6 is 11.6 Å². The van der Waals surface area contributed by atoms with Crippen molar-refractivity contribution in [1.29, 1.82) is 0 Å². The maximum absolute atomic E-state index is 13.0. The van der Waals surface area contributed by atoms with Gasteiger partial charge in [-0.25, -0.2) is 4.98 Å². The minimum atomic E-state index is -4.41. The van der Waals surface area contributed by atoms with Crippen LogP contribution in [0.5, 0.6) is 0 Å². The largest absolute Gasteiger partial charge is 0.416 e. The molecule has 1 N–H and O–H groups in total. The van der Waals surface area contributed by atoms with Crippen molar-refractivity contribution in [3.05, 3.63) is 83.0 Å². The van der Waals surface area contributed by atoms with Gasteiger partial charge in [-0.1, -0.05) is 49.7 Å². The first-order valence-corrected chi connectivity index (χ1v) is 13.4. The summed E-state index contributed by atoms with van der Waals surface area (Å²) in [6.45, 7) is 8.26. The highest BCUT2D eigenvalue weighted by Crippen LogP contribution is 2.31. The van der Waals surface area contributed by atoms with E-state index in [9.17, 15) is 13.2 Å². The van der Waals surface area contributed by atoms with Crippen LogP contribution in [0.3, 0.4) is 0 Å². The average Bonchev–Trinajstić information content (AvgIpc) is 2.93. The number of alkyl halides is 3. The molecule has 0 amide bonds. The maximum atomic E-state index is 13.0. The molecule has 7 nitrogen and oxygen atoms in total. The Hall–Kier alpha value is -3.92. The van der Waals surface area contributed by atoms with Crippen LogP contribution in [0.4, 0.5) is 36.6 Å². The van der Waals surface area contributed by atoms with E-state index in [4.69, 9.17) is 16.6 Å². The fourth-order valence-electron chi connectivity index (χ4n) is 4.62. The van der Waals surface area contributed by atoms with E-state index >= 15 is 0 Å². The molecule has 40 heavy (non-hydrogen) atoms. The number of rotatable bonds is 6. The van der Waals surface area contributed by atoms with Crippen LogP contribution in [0, 0.1) is 0 Å². The van der Waals surface area contributed by atoms with E-state index in [2.05, 4.69) is 50.8 Å². The topological polar surface area (TPSA) is 70.1 Å². The molecule has 208 valence electrons. The normalized spacial score (nSPS) is 15.9. The van der Waals surface area contributed by atoms with Gasteiger partial charge in [0.1, 0.15) is 5.82 Å². The molecule has 2 aromatic heterocycles. The standard InChI is InChI=1S/C29H29ClF3N7/c1-18(2)20-6-8-21(9-7-20)25-36-27(35-23-12-10-22(11-13-23)29(31,32)33)38-28(37-25)40-16-15-39(17-19(40)3)26-24(30)5-4-14-34-26/h4-14,18-19H,15-17H2,1-3H3,(H,35,36,37,38)/t19-/m1/s1. The molecule has 0 spiro atoms. The molecule has 0 bridgehead atoms. The Morgan fingerprint density at radius 3 is 2.30 bits per heavy atom. The monoisotopic (exact) mass is 567 g/mol. The summed E-state index contributed by atoms with van der Waals surface area (Å²) in [7, 11) is 0. The number of piperazine rings is 1. The lowest BCUT2D eigenvalue weighted by Crippen LogP contribution is -2.53. The summed E-state index contributed by atoms with van der Waals surface area (Å²) in [6, 6.07) is 16.5. The Kier molecular flexibility index (Phi) is 7.80. The lowest BCUT2D eigenvalue weighted by Gasteiger charge is -2.40. The molecular formula is C29H29ClF3N7. The Bertz CT molecular complexity index is 1460. The Labute approximate surface area is 236 Å². The van der Waals surface area contributed by atoms with Crippen molar-refractivity contribution >= 4 is 35.0 Å². The lowest BCUT2D eigenvalue weighted by molar-refractivity contribution is -0.137. The first kappa shape index (κ1) is 27.6. The minimum absolute atomic E-state index is 0.0179. The molecule has 1 aliphatic rings. The van der Waals surface area contributed by atoms with E-state index in [0.717, 1.165) is 23.5 Å². The van der Waals surface area contributed by atoms with Crippen LogP contribution in [0.15, 0.2) is 66.9 Å². The molecule has 5 rings (SSSR count). The molecule has 4 aromatic rings. The number of hydrogen-bond donors (Lipinski definition) is 1. The number of hydrogen-bond acceptors (Lipinski definition) is 7. The van der Waals surface area contributed by atoms with Crippen LogP contribution in [0.2, 0.25) is 5.02 Å². The van der Waals surface area contributed by atoms with Crippen molar-refractivity contribution in [2.45, 2.75) is 38.9 Å². The second kappa shape index (κ2) is 11.3. The molecule has 1 saturated heterocycles. The second-order valence-electron chi connectivity index (χ2n) is 10.1. The quantitative estimate of drug-likeness (QED) is 0.264. The van der Waals surface area contributed by atoms with E-state index in [1.54, 1.807) is 12.3 Å². The summed E-state index contributed by atoms with van der Waals surface area (Å²) < 4.78 is 39.1. The number of halogens is 4. The summed E-state index contributed by atoms with van der Waals surface area (Å²) in [5.41, 5.74) is 1.73. The van der Waals surface area contributed by atoms with Gasteiger partial charge in [0, 0.05) is 43.1 Å². The van der Waals surface area contributed by atoms with Gasteiger partial charge in [0.25, 0.3) is 0 Å². The molecule has 0 unspecified atom stereocenters. The van der Waals surface area contributed by atoms with E-state index in [0.29, 0.717) is 48.0 Å². The molecule has 2 aromatic carbocycles. The summed E-state index contributed by atoms with van der Waals surface area (Å²) in [4.78, 5) is 22.8. The van der Waals surface area contributed by atoms with Gasteiger partial charge in [-0.2, -0.15) is 28.1 Å². The van der Waals surface area contributed by atoms with Crippen LogP contribution in [-0.4, -0.2) is 45.6 Å². The predicted octanol–water partition coefficient (Wildman–Crippen LogP) is 7.19. The van der Waals surface area contributed by atoms with Crippen LogP contribution in [-0.2, 0) is 6.18 Å². The maximum Gasteiger partial charge on any atom is 0.416 e. The zero-order valence-corrected chi connectivity index (χ0v) is 23.1. The molecular weight excluding hydrogens is 539 g/mol. The molecule has 0 aliphatic carbocycles. The molecule has 11 heteroatoms. The molecule has 1 fully saturated rings. The number of anilines is 4. The highest BCUT2D eigenvalue weighted by molar-refractivity contribution is 6.32. The number of pyridine rings is 1. The Morgan fingerprint density at radius 2 is 1.68 bits per heavy atom. The molecule has 0 saturated carbocycles. The Balaban J connectivity index is 1.46. The van der Waals surface area contributed by atoms with Gasteiger partial charge in [-0.05, 0) is 54.8 Å². The summed E-state index contributed by atoms with van der Waals surface area (Å²) in [5, 5.41) is 3.66. The highest BCUT2D eigenvalue weighted by Gasteiger charge is 2.30. The SMILES string of the molecule is CC(C)c1ccc(-c2nc(Nc3ccc(C(F)(F)F)cc3)nc(N3CCN(c4ncccc4Cl)C[C@H]3C)n2)cc1. The fraction of sp³-hybridized carbons (Fsp3) is 0.310. The van der Waals surface area contributed by atoms with Gasteiger partial charge >= 0.3 is 6.18 Å². The third-order valence-corrected chi connectivity index (χ3v) is 7.15. The second-order valence-corrected chi connectivity index (χ2v) is 10.5. The van der Waals surface area contributed by atoms with E-state index in [1.807, 2.05) is 30.3 Å². The van der Waals surface area contributed by atoms with Crippen LogP contribution in [0.1, 0.15) is 37.8 Å². The number of nitrogens with zero attached hydrogens (tertiary/aromatic N) is 6. The van der Waals surface area contributed by atoms with Crippen LogP contribution < -0.4 is 15.1 Å². The predicted molar refractivity (Wildman–Crippen MR) is 152 cm³/mol. The van der Waals surface area contributed by atoms with Crippen LogP contribution in [0.25, 0.3) is 11.4 Å². The van der Waals surface area contributed by atoms with Crippen molar-refractivity contribution in [2.75, 3.05) is 34.8 Å². The summed E-state index contributed by atoms with van der Waals surface area (Å²) in [6.07, 6.45) is -2.69.